The second kappa shape index (κ2) is 11.5. The van der Waals surface area contributed by atoms with Gasteiger partial charge in [-0.2, -0.15) is 0 Å². The minimum atomic E-state index is -0.375. The lowest BCUT2D eigenvalue weighted by Gasteiger charge is -2.35. The quantitative estimate of drug-likeness (QED) is 0.494. The van der Waals surface area contributed by atoms with Crippen molar-refractivity contribution in [1.29, 1.82) is 0 Å². The molecule has 0 unspecified atom stereocenters. The van der Waals surface area contributed by atoms with E-state index < -0.39 is 0 Å². The average molecular weight is 630 g/mol. The first-order valence-electron chi connectivity index (χ1n) is 12.4. The van der Waals surface area contributed by atoms with Crippen LogP contribution in [0.3, 0.4) is 0 Å². The predicted octanol–water partition coefficient (Wildman–Crippen LogP) is 4.17. The van der Waals surface area contributed by atoms with E-state index in [1.807, 2.05) is 6.20 Å². The maximum atomic E-state index is 11.8. The Kier molecular flexibility index (Phi) is 8.38. The fourth-order valence-electron chi connectivity index (χ4n) is 5.22. The van der Waals surface area contributed by atoms with Crippen LogP contribution in [0.15, 0.2) is 38.5 Å². The van der Waals surface area contributed by atoms with Crippen molar-refractivity contribution in [2.45, 2.75) is 75.1 Å². The first-order chi connectivity index (χ1) is 17.4. The zero-order valence-corrected chi connectivity index (χ0v) is 23.1. The molecular weight excluding hydrogens is 600 g/mol. The highest BCUT2D eigenvalue weighted by Crippen LogP contribution is 2.40. The number of nitrogens with zero attached hydrogens (tertiary/aromatic N) is 4. The largest absolute Gasteiger partial charge is 0.460 e. The summed E-state index contributed by atoms with van der Waals surface area (Å²) >= 11 is 6.65. The second-order valence-corrected chi connectivity index (χ2v) is 11.2. The lowest BCUT2D eigenvalue weighted by atomic mass is 9.90. The molecule has 4 aliphatic rings. The summed E-state index contributed by atoms with van der Waals surface area (Å²) in [7, 11) is 0. The zero-order chi connectivity index (χ0) is 25.0. The minimum absolute atomic E-state index is 0.157. The van der Waals surface area contributed by atoms with Gasteiger partial charge in [-0.05, 0) is 57.5 Å². The number of rotatable bonds is 3. The van der Waals surface area contributed by atoms with E-state index in [4.69, 9.17) is 23.7 Å². The molecule has 4 heterocycles. The van der Waals surface area contributed by atoms with Crippen LogP contribution in [0, 0.1) is 0 Å². The zero-order valence-electron chi connectivity index (χ0n) is 19.9. The molecule has 2 spiro atoms. The van der Waals surface area contributed by atoms with Crippen LogP contribution in [0.5, 0.6) is 6.01 Å². The smallest absolute Gasteiger partial charge is 0.347 e. The SMILES string of the molecule is Brc1cnc(OC2CCC3(CC2)OCCO3)nc1.O=c1ncc(Br)cn1C1CCC2(CC1)OCCO2. The third kappa shape index (κ3) is 6.33. The van der Waals surface area contributed by atoms with Gasteiger partial charge in [0.1, 0.15) is 6.10 Å². The molecule has 196 valence electrons. The van der Waals surface area contributed by atoms with Crippen LogP contribution < -0.4 is 10.4 Å². The van der Waals surface area contributed by atoms with Crippen LogP contribution in [-0.2, 0) is 18.9 Å². The van der Waals surface area contributed by atoms with E-state index in [9.17, 15) is 4.79 Å². The van der Waals surface area contributed by atoms with E-state index >= 15 is 0 Å². The monoisotopic (exact) mass is 628 g/mol. The highest BCUT2D eigenvalue weighted by molar-refractivity contribution is 9.10. The topological polar surface area (TPSA) is 107 Å². The van der Waals surface area contributed by atoms with Gasteiger partial charge < -0.3 is 23.7 Å². The Morgan fingerprint density at radius 2 is 1.28 bits per heavy atom. The molecule has 2 aromatic rings. The summed E-state index contributed by atoms with van der Waals surface area (Å²) in [6.07, 6.45) is 13.9. The predicted molar refractivity (Wildman–Crippen MR) is 136 cm³/mol. The van der Waals surface area contributed by atoms with Crippen LogP contribution in [0.1, 0.15) is 57.4 Å². The average Bonchev–Trinajstić information content (AvgIpc) is 3.55. The molecular formula is C24H30Br2N4O6. The summed E-state index contributed by atoms with van der Waals surface area (Å²) in [5.74, 6) is -0.708. The first-order valence-corrected chi connectivity index (χ1v) is 14.0. The van der Waals surface area contributed by atoms with Gasteiger partial charge in [0.2, 0.25) is 0 Å². The summed E-state index contributed by atoms with van der Waals surface area (Å²) in [5.41, 5.74) is -0.188. The van der Waals surface area contributed by atoms with E-state index in [1.54, 1.807) is 17.0 Å². The maximum absolute atomic E-state index is 11.8. The molecule has 2 aliphatic heterocycles. The van der Waals surface area contributed by atoms with Crippen LogP contribution in [0.25, 0.3) is 0 Å². The highest BCUT2D eigenvalue weighted by Gasteiger charge is 2.42. The second-order valence-electron chi connectivity index (χ2n) is 9.41. The van der Waals surface area contributed by atoms with Gasteiger partial charge in [-0.25, -0.2) is 19.7 Å². The molecule has 4 fully saturated rings. The van der Waals surface area contributed by atoms with Gasteiger partial charge >= 0.3 is 11.7 Å². The van der Waals surface area contributed by atoms with Crippen molar-refractivity contribution in [1.82, 2.24) is 19.5 Å². The number of hydrogen-bond donors (Lipinski definition) is 0. The third-order valence-electron chi connectivity index (χ3n) is 7.08. The Bertz CT molecular complexity index is 1050. The van der Waals surface area contributed by atoms with Crippen LogP contribution >= 0.6 is 31.9 Å². The van der Waals surface area contributed by atoms with Crippen LogP contribution in [0.4, 0.5) is 0 Å². The fraction of sp³-hybridized carbons (Fsp3) is 0.667. The molecule has 2 saturated carbocycles. The molecule has 0 radical (unpaired) electrons. The van der Waals surface area contributed by atoms with E-state index in [2.05, 4.69) is 46.8 Å². The number of hydrogen-bond acceptors (Lipinski definition) is 9. The first kappa shape index (κ1) is 26.2. The van der Waals surface area contributed by atoms with Crippen molar-refractivity contribution < 1.29 is 23.7 Å². The number of ether oxygens (including phenoxy) is 5. The van der Waals surface area contributed by atoms with Crippen molar-refractivity contribution >= 4 is 31.9 Å². The van der Waals surface area contributed by atoms with Crippen molar-refractivity contribution in [3.8, 4) is 6.01 Å². The van der Waals surface area contributed by atoms with Crippen molar-refractivity contribution in [3.63, 3.8) is 0 Å². The summed E-state index contributed by atoms with van der Waals surface area (Å²) in [5, 5.41) is 0. The molecule has 2 aromatic heterocycles. The van der Waals surface area contributed by atoms with Crippen molar-refractivity contribution in [3.05, 3.63) is 44.2 Å². The van der Waals surface area contributed by atoms with Crippen LogP contribution in [-0.4, -0.2) is 63.6 Å². The Hall–Kier alpha value is -1.44. The van der Waals surface area contributed by atoms with Gasteiger partial charge in [-0.3, -0.25) is 4.57 Å². The molecule has 0 N–H and O–H groups in total. The molecule has 10 nitrogen and oxygen atoms in total. The van der Waals surface area contributed by atoms with Gasteiger partial charge in [0.05, 0.1) is 35.4 Å². The molecule has 0 bridgehead atoms. The number of aromatic nitrogens is 4. The standard InChI is InChI=1S/2C12H15BrN2O3/c13-9-7-14-11(15-8-9)18-10-1-3-12(4-2-10)16-5-6-17-12;13-9-7-14-11(16)15(8-9)10-1-3-12(4-2-10)17-5-6-18-12/h2*7-8,10H,1-6H2. The van der Waals surface area contributed by atoms with E-state index in [1.165, 1.54) is 6.20 Å². The normalized spacial score (nSPS) is 25.0. The van der Waals surface area contributed by atoms with Gasteiger partial charge in [-0.15, -0.1) is 0 Å². The minimum Gasteiger partial charge on any atom is -0.460 e. The highest BCUT2D eigenvalue weighted by atomic mass is 79.9. The molecule has 0 amide bonds. The van der Waals surface area contributed by atoms with Crippen molar-refractivity contribution in [2.24, 2.45) is 0 Å². The Morgan fingerprint density at radius 1 is 0.778 bits per heavy atom. The maximum Gasteiger partial charge on any atom is 0.347 e. The third-order valence-corrected chi connectivity index (χ3v) is 7.90. The molecule has 0 aromatic carbocycles. The summed E-state index contributed by atoms with van der Waals surface area (Å²) < 4.78 is 31.9. The Balaban J connectivity index is 0.000000148. The molecule has 2 aliphatic carbocycles. The van der Waals surface area contributed by atoms with Gasteiger partial charge in [0.25, 0.3) is 0 Å². The molecule has 36 heavy (non-hydrogen) atoms. The lowest BCUT2D eigenvalue weighted by Crippen LogP contribution is -2.38. The molecule has 2 saturated heterocycles. The Morgan fingerprint density at radius 3 is 1.83 bits per heavy atom. The molecule has 0 atom stereocenters. The van der Waals surface area contributed by atoms with E-state index in [0.29, 0.717) is 32.4 Å². The van der Waals surface area contributed by atoms with Gasteiger partial charge in [0.15, 0.2) is 11.6 Å². The Labute approximate surface area is 226 Å². The lowest BCUT2D eigenvalue weighted by molar-refractivity contribution is -0.186. The summed E-state index contributed by atoms with van der Waals surface area (Å²) in [6, 6.07) is 0.633. The van der Waals surface area contributed by atoms with Crippen molar-refractivity contribution in [2.75, 3.05) is 26.4 Å². The van der Waals surface area contributed by atoms with Gasteiger partial charge in [0, 0.05) is 56.5 Å². The van der Waals surface area contributed by atoms with E-state index in [-0.39, 0.29) is 29.4 Å². The van der Waals surface area contributed by atoms with Crippen LogP contribution in [0.2, 0.25) is 0 Å². The van der Waals surface area contributed by atoms with E-state index in [0.717, 1.165) is 60.3 Å². The molecule has 12 heteroatoms. The summed E-state index contributed by atoms with van der Waals surface area (Å²) in [6.45, 7) is 2.79. The summed E-state index contributed by atoms with van der Waals surface area (Å²) in [4.78, 5) is 23.8. The molecule has 6 rings (SSSR count). The number of halogens is 2. The fourth-order valence-corrected chi connectivity index (χ4v) is 5.75. The van der Waals surface area contributed by atoms with Gasteiger partial charge in [-0.1, -0.05) is 0 Å².